The van der Waals surface area contributed by atoms with Crippen LogP contribution >= 0.6 is 11.8 Å². The smallest absolute Gasteiger partial charge is 0.349 e. The highest BCUT2D eigenvalue weighted by atomic mass is 32.2. The Morgan fingerprint density at radius 1 is 1.23 bits per heavy atom. The lowest BCUT2D eigenvalue weighted by molar-refractivity contribution is -0.113. The molecule has 4 rings (SSSR count). The van der Waals surface area contributed by atoms with E-state index in [9.17, 15) is 9.59 Å². The van der Waals surface area contributed by atoms with Crippen molar-refractivity contribution >= 4 is 23.4 Å². The molecule has 2 heterocycles. The SMILES string of the molecule is COc1ccc(NC(=O)CSc2nc(=O)n(Cc3cccnc3)c3c2CCC3)cc1. The van der Waals surface area contributed by atoms with E-state index >= 15 is 0 Å². The van der Waals surface area contributed by atoms with Gasteiger partial charge in [-0.1, -0.05) is 17.8 Å². The molecule has 1 aliphatic carbocycles. The zero-order valence-electron chi connectivity index (χ0n) is 16.6. The summed E-state index contributed by atoms with van der Waals surface area (Å²) in [6.45, 7) is 0.463. The van der Waals surface area contributed by atoms with Crippen LogP contribution in [-0.2, 0) is 24.2 Å². The van der Waals surface area contributed by atoms with Crippen molar-refractivity contribution in [2.75, 3.05) is 18.2 Å². The van der Waals surface area contributed by atoms with Crippen LogP contribution in [-0.4, -0.2) is 33.3 Å². The Balaban J connectivity index is 1.47. The highest BCUT2D eigenvalue weighted by Crippen LogP contribution is 2.29. The summed E-state index contributed by atoms with van der Waals surface area (Å²) in [5.74, 6) is 0.782. The van der Waals surface area contributed by atoms with Gasteiger partial charge in [-0.25, -0.2) is 4.79 Å². The number of pyridine rings is 1. The van der Waals surface area contributed by atoms with Gasteiger partial charge >= 0.3 is 5.69 Å². The monoisotopic (exact) mass is 422 g/mol. The molecular formula is C22H22N4O3S. The fourth-order valence-corrected chi connectivity index (χ4v) is 4.42. The highest BCUT2D eigenvalue weighted by Gasteiger charge is 2.22. The van der Waals surface area contributed by atoms with Gasteiger partial charge in [-0.2, -0.15) is 4.98 Å². The number of carbonyl (C=O) groups is 1. The van der Waals surface area contributed by atoms with Crippen LogP contribution in [0.2, 0.25) is 0 Å². The van der Waals surface area contributed by atoms with E-state index in [-0.39, 0.29) is 17.3 Å². The number of rotatable bonds is 7. The molecule has 0 aliphatic heterocycles. The van der Waals surface area contributed by atoms with Gasteiger partial charge in [0.1, 0.15) is 10.8 Å². The zero-order chi connectivity index (χ0) is 20.9. The number of hydrogen-bond donors (Lipinski definition) is 1. The number of nitrogens with one attached hydrogen (secondary N) is 1. The summed E-state index contributed by atoms with van der Waals surface area (Å²) in [6.07, 6.45) is 6.18. The first-order chi connectivity index (χ1) is 14.6. The highest BCUT2D eigenvalue weighted by molar-refractivity contribution is 8.00. The van der Waals surface area contributed by atoms with E-state index in [0.29, 0.717) is 17.3 Å². The van der Waals surface area contributed by atoms with Gasteiger partial charge in [0.2, 0.25) is 5.91 Å². The lowest BCUT2D eigenvalue weighted by atomic mass is 10.2. The molecule has 0 bridgehead atoms. The Morgan fingerprint density at radius 2 is 2.07 bits per heavy atom. The number of amides is 1. The average molecular weight is 423 g/mol. The van der Waals surface area contributed by atoms with Crippen molar-refractivity contribution < 1.29 is 9.53 Å². The van der Waals surface area contributed by atoms with E-state index in [1.165, 1.54) is 11.8 Å². The number of ether oxygens (including phenoxy) is 1. The summed E-state index contributed by atoms with van der Waals surface area (Å²) in [5.41, 5.74) is 3.50. The van der Waals surface area contributed by atoms with Crippen molar-refractivity contribution in [3.8, 4) is 5.75 Å². The van der Waals surface area contributed by atoms with Gasteiger partial charge in [-0.05, 0) is 55.2 Å². The minimum absolute atomic E-state index is 0.141. The molecule has 1 aromatic carbocycles. The van der Waals surface area contributed by atoms with Crippen molar-refractivity contribution in [2.45, 2.75) is 30.8 Å². The first kappa shape index (κ1) is 20.2. The largest absolute Gasteiger partial charge is 0.497 e. The van der Waals surface area contributed by atoms with Gasteiger partial charge in [0.05, 0.1) is 19.4 Å². The molecule has 0 fully saturated rings. The van der Waals surface area contributed by atoms with Gasteiger partial charge in [-0.3, -0.25) is 14.3 Å². The molecule has 0 saturated heterocycles. The molecule has 0 spiro atoms. The molecule has 1 N–H and O–H groups in total. The number of benzene rings is 1. The number of carbonyl (C=O) groups excluding carboxylic acids is 1. The molecule has 0 unspecified atom stereocenters. The maximum absolute atomic E-state index is 12.7. The van der Waals surface area contributed by atoms with Crippen LogP contribution in [0.25, 0.3) is 0 Å². The standard InChI is InChI=1S/C22H22N4O3S/c1-29-17-9-7-16(8-10-17)24-20(27)14-30-21-18-5-2-6-19(18)26(22(28)25-21)13-15-4-3-11-23-12-15/h3-4,7-12H,2,5-6,13-14H2,1H3,(H,24,27). The molecule has 30 heavy (non-hydrogen) atoms. The third-order valence-electron chi connectivity index (χ3n) is 4.98. The van der Waals surface area contributed by atoms with Crippen LogP contribution in [0, 0.1) is 0 Å². The van der Waals surface area contributed by atoms with Gasteiger partial charge in [0.15, 0.2) is 0 Å². The Kier molecular flexibility index (Phi) is 6.13. The molecule has 2 aromatic heterocycles. The molecule has 3 aromatic rings. The summed E-state index contributed by atoms with van der Waals surface area (Å²) < 4.78 is 6.86. The second-order valence-electron chi connectivity index (χ2n) is 6.99. The molecule has 7 nitrogen and oxygen atoms in total. The summed E-state index contributed by atoms with van der Waals surface area (Å²) in [6, 6.07) is 11.0. The predicted octanol–water partition coefficient (Wildman–Crippen LogP) is 2.91. The average Bonchev–Trinajstić information content (AvgIpc) is 3.26. The quantitative estimate of drug-likeness (QED) is 0.465. The Morgan fingerprint density at radius 3 is 2.80 bits per heavy atom. The Labute approximate surface area is 178 Å². The van der Waals surface area contributed by atoms with E-state index in [0.717, 1.165) is 41.8 Å². The van der Waals surface area contributed by atoms with Crippen LogP contribution in [0.15, 0.2) is 58.6 Å². The second-order valence-corrected chi connectivity index (χ2v) is 7.96. The fourth-order valence-electron chi connectivity index (χ4n) is 3.55. The molecular weight excluding hydrogens is 400 g/mol. The number of aromatic nitrogens is 3. The Hall–Kier alpha value is -3.13. The molecule has 1 aliphatic rings. The third-order valence-corrected chi connectivity index (χ3v) is 6.00. The van der Waals surface area contributed by atoms with Crippen LogP contribution < -0.4 is 15.7 Å². The van der Waals surface area contributed by atoms with Crippen molar-refractivity contribution in [3.63, 3.8) is 0 Å². The van der Waals surface area contributed by atoms with E-state index < -0.39 is 0 Å². The van der Waals surface area contributed by atoms with E-state index in [1.807, 2.05) is 12.1 Å². The molecule has 0 atom stereocenters. The van der Waals surface area contributed by atoms with Crippen LogP contribution in [0.3, 0.4) is 0 Å². The van der Waals surface area contributed by atoms with E-state index in [4.69, 9.17) is 4.74 Å². The number of thioether (sulfide) groups is 1. The third kappa shape index (κ3) is 4.54. The van der Waals surface area contributed by atoms with Gasteiger partial charge in [0, 0.05) is 29.3 Å². The van der Waals surface area contributed by atoms with E-state index in [2.05, 4.69) is 15.3 Å². The van der Waals surface area contributed by atoms with Crippen molar-refractivity contribution in [1.82, 2.24) is 14.5 Å². The number of fused-ring (bicyclic) bond motifs is 1. The zero-order valence-corrected chi connectivity index (χ0v) is 17.4. The fraction of sp³-hybridized carbons (Fsp3) is 0.273. The maximum Gasteiger partial charge on any atom is 0.349 e. The number of methoxy groups -OCH3 is 1. The number of nitrogens with zero attached hydrogens (tertiary/aromatic N) is 3. The topological polar surface area (TPSA) is 86.1 Å². The normalized spacial score (nSPS) is 12.4. The van der Waals surface area contributed by atoms with Crippen LogP contribution in [0.4, 0.5) is 5.69 Å². The second kappa shape index (κ2) is 9.13. The van der Waals surface area contributed by atoms with Crippen molar-refractivity contribution in [3.05, 3.63) is 76.1 Å². The van der Waals surface area contributed by atoms with Crippen molar-refractivity contribution in [2.24, 2.45) is 0 Å². The first-order valence-corrected chi connectivity index (χ1v) is 10.7. The van der Waals surface area contributed by atoms with Gasteiger partial charge in [-0.15, -0.1) is 0 Å². The maximum atomic E-state index is 12.7. The van der Waals surface area contributed by atoms with Crippen LogP contribution in [0.5, 0.6) is 5.75 Å². The number of hydrogen-bond acceptors (Lipinski definition) is 6. The lowest BCUT2D eigenvalue weighted by Gasteiger charge is -2.14. The molecule has 154 valence electrons. The molecule has 8 heteroatoms. The summed E-state index contributed by atoms with van der Waals surface area (Å²) in [4.78, 5) is 33.5. The van der Waals surface area contributed by atoms with Gasteiger partial charge in [0.25, 0.3) is 0 Å². The minimum Gasteiger partial charge on any atom is -0.497 e. The van der Waals surface area contributed by atoms with Crippen LogP contribution in [0.1, 0.15) is 23.2 Å². The number of anilines is 1. The Bertz CT molecular complexity index is 1100. The van der Waals surface area contributed by atoms with Gasteiger partial charge < -0.3 is 10.1 Å². The molecule has 0 saturated carbocycles. The summed E-state index contributed by atoms with van der Waals surface area (Å²) in [5, 5.41) is 3.52. The molecule has 0 radical (unpaired) electrons. The predicted molar refractivity (Wildman–Crippen MR) is 116 cm³/mol. The summed E-state index contributed by atoms with van der Waals surface area (Å²) in [7, 11) is 1.60. The lowest BCUT2D eigenvalue weighted by Crippen LogP contribution is -2.28. The minimum atomic E-state index is -0.280. The van der Waals surface area contributed by atoms with Crippen molar-refractivity contribution in [1.29, 1.82) is 0 Å². The van der Waals surface area contributed by atoms with E-state index in [1.54, 1.807) is 48.3 Å². The molecule has 1 amide bonds. The summed E-state index contributed by atoms with van der Waals surface area (Å²) >= 11 is 1.32. The first-order valence-electron chi connectivity index (χ1n) is 9.72.